The number of nitrogens with zero attached hydrogens (tertiary/aromatic N) is 1. The van der Waals surface area contributed by atoms with Crippen molar-refractivity contribution in [3.63, 3.8) is 0 Å². The van der Waals surface area contributed by atoms with Crippen LogP contribution < -0.4 is 0 Å². The smallest absolute Gasteiger partial charge is 0.326 e. The van der Waals surface area contributed by atoms with Gasteiger partial charge < -0.3 is 14.7 Å². The highest BCUT2D eigenvalue weighted by Crippen LogP contribution is 2.23. The molecule has 0 aromatic carbocycles. The fraction of sp³-hybridized carbons (Fsp3) is 0.833. The van der Waals surface area contributed by atoms with Crippen molar-refractivity contribution in [3.05, 3.63) is 0 Å². The summed E-state index contributed by atoms with van der Waals surface area (Å²) in [7, 11) is 0. The molecule has 1 N–H and O–H groups in total. The molecule has 96 valence electrons. The van der Waals surface area contributed by atoms with Gasteiger partial charge in [-0.1, -0.05) is 0 Å². The first-order valence-electron chi connectivity index (χ1n) is 6.28. The number of carbonyl (C=O) groups excluding carboxylic acids is 1. The maximum absolute atomic E-state index is 12.1. The van der Waals surface area contributed by atoms with Gasteiger partial charge in [0.05, 0.1) is 0 Å². The van der Waals surface area contributed by atoms with Crippen molar-refractivity contribution in [2.45, 2.75) is 38.1 Å². The number of hydrogen-bond donors (Lipinski definition) is 1. The number of ether oxygens (including phenoxy) is 1. The summed E-state index contributed by atoms with van der Waals surface area (Å²) in [5.74, 6) is -0.504. The number of aliphatic carboxylic acids is 1. The Hall–Kier alpha value is -1.10. The molecule has 0 bridgehead atoms. The lowest BCUT2D eigenvalue weighted by Gasteiger charge is -2.26. The molecule has 2 aliphatic heterocycles. The maximum atomic E-state index is 12.1. The quantitative estimate of drug-likeness (QED) is 0.796. The average Bonchev–Trinajstić information content (AvgIpc) is 2.79. The van der Waals surface area contributed by atoms with E-state index in [0.29, 0.717) is 25.3 Å². The fourth-order valence-corrected chi connectivity index (χ4v) is 2.64. The summed E-state index contributed by atoms with van der Waals surface area (Å²) in [6.07, 6.45) is 3.70. The Morgan fingerprint density at radius 1 is 1.24 bits per heavy atom. The van der Waals surface area contributed by atoms with Crippen molar-refractivity contribution < 1.29 is 19.4 Å². The minimum atomic E-state index is -0.872. The Kier molecular flexibility index (Phi) is 3.99. The van der Waals surface area contributed by atoms with Gasteiger partial charge in [0.25, 0.3) is 0 Å². The molecule has 2 rings (SSSR count). The molecule has 0 aliphatic carbocycles. The third-order valence-corrected chi connectivity index (χ3v) is 3.66. The van der Waals surface area contributed by atoms with Gasteiger partial charge in [0.1, 0.15) is 6.04 Å². The molecule has 0 aromatic heterocycles. The van der Waals surface area contributed by atoms with E-state index in [2.05, 4.69) is 0 Å². The lowest BCUT2D eigenvalue weighted by molar-refractivity contribution is -0.148. The highest BCUT2D eigenvalue weighted by atomic mass is 16.5. The van der Waals surface area contributed by atoms with E-state index in [4.69, 9.17) is 9.84 Å². The summed E-state index contributed by atoms with van der Waals surface area (Å²) in [5, 5.41) is 9.02. The molecule has 0 aromatic rings. The molecular formula is C12H19NO4. The van der Waals surface area contributed by atoms with Gasteiger partial charge in [-0.15, -0.1) is 0 Å². The first kappa shape index (κ1) is 12.4. The lowest BCUT2D eigenvalue weighted by atomic mass is 9.96. The molecule has 17 heavy (non-hydrogen) atoms. The Balaban J connectivity index is 1.88. The fourth-order valence-electron chi connectivity index (χ4n) is 2.64. The minimum Gasteiger partial charge on any atom is -0.480 e. The van der Waals surface area contributed by atoms with Gasteiger partial charge in [-0.05, 0) is 31.6 Å². The Morgan fingerprint density at radius 2 is 1.94 bits per heavy atom. The third-order valence-electron chi connectivity index (χ3n) is 3.66. The molecule has 0 unspecified atom stereocenters. The zero-order valence-corrected chi connectivity index (χ0v) is 9.93. The van der Waals surface area contributed by atoms with Crippen LogP contribution in [0.15, 0.2) is 0 Å². The SMILES string of the molecule is O=C(O)[C@@H]1CCCN1C(=O)CC1CCOCC1. The standard InChI is InChI=1S/C12H19NO4/c14-11(8-9-3-6-17-7-4-9)13-5-1-2-10(13)12(15)16/h9-10H,1-8H2,(H,15,16)/t10-/m0/s1. The predicted octanol–water partition coefficient (Wildman–Crippen LogP) is 0.879. The van der Waals surface area contributed by atoms with Crippen molar-refractivity contribution in [1.82, 2.24) is 4.90 Å². The van der Waals surface area contributed by atoms with Crippen LogP contribution >= 0.6 is 0 Å². The molecular weight excluding hydrogens is 222 g/mol. The van der Waals surface area contributed by atoms with Crippen molar-refractivity contribution in [3.8, 4) is 0 Å². The molecule has 0 spiro atoms. The average molecular weight is 241 g/mol. The molecule has 2 aliphatic rings. The summed E-state index contributed by atoms with van der Waals surface area (Å²) >= 11 is 0. The van der Waals surface area contributed by atoms with E-state index in [1.165, 1.54) is 4.90 Å². The van der Waals surface area contributed by atoms with E-state index >= 15 is 0 Å². The second-order valence-corrected chi connectivity index (χ2v) is 4.84. The molecule has 2 fully saturated rings. The Bertz CT molecular complexity index is 299. The highest BCUT2D eigenvalue weighted by molar-refractivity contribution is 5.84. The minimum absolute atomic E-state index is 0.00167. The second kappa shape index (κ2) is 5.49. The molecule has 0 saturated carbocycles. The largest absolute Gasteiger partial charge is 0.480 e. The van der Waals surface area contributed by atoms with E-state index in [1.54, 1.807) is 0 Å². The van der Waals surface area contributed by atoms with E-state index < -0.39 is 12.0 Å². The van der Waals surface area contributed by atoms with Crippen molar-refractivity contribution in [1.29, 1.82) is 0 Å². The van der Waals surface area contributed by atoms with Crippen LogP contribution in [0.25, 0.3) is 0 Å². The van der Waals surface area contributed by atoms with Crippen LogP contribution in [0.2, 0.25) is 0 Å². The first-order valence-corrected chi connectivity index (χ1v) is 6.28. The molecule has 1 amide bonds. The third kappa shape index (κ3) is 2.97. The summed E-state index contributed by atoms with van der Waals surface area (Å²) in [6, 6.07) is -0.595. The maximum Gasteiger partial charge on any atom is 0.326 e. The zero-order chi connectivity index (χ0) is 12.3. The number of carbonyl (C=O) groups is 2. The van der Waals surface area contributed by atoms with E-state index in [0.717, 1.165) is 32.5 Å². The molecule has 0 radical (unpaired) electrons. The summed E-state index contributed by atoms with van der Waals surface area (Å²) in [6.45, 7) is 2.04. The van der Waals surface area contributed by atoms with E-state index in [9.17, 15) is 9.59 Å². The molecule has 5 heteroatoms. The number of amides is 1. The van der Waals surface area contributed by atoms with Crippen LogP contribution in [-0.4, -0.2) is 47.7 Å². The Labute approximate surface area is 101 Å². The number of carboxylic acid groups (broad SMARTS) is 1. The van der Waals surface area contributed by atoms with Gasteiger partial charge in [-0.3, -0.25) is 4.79 Å². The predicted molar refractivity (Wildman–Crippen MR) is 60.5 cm³/mol. The van der Waals surface area contributed by atoms with Gasteiger partial charge in [-0.2, -0.15) is 0 Å². The molecule has 2 saturated heterocycles. The number of rotatable bonds is 3. The zero-order valence-electron chi connectivity index (χ0n) is 9.93. The normalized spacial score (nSPS) is 26.1. The van der Waals surface area contributed by atoms with Gasteiger partial charge in [0, 0.05) is 26.2 Å². The number of hydrogen-bond acceptors (Lipinski definition) is 3. The number of carboxylic acids is 1. The van der Waals surface area contributed by atoms with Crippen LogP contribution in [0.1, 0.15) is 32.1 Å². The first-order chi connectivity index (χ1) is 8.18. The van der Waals surface area contributed by atoms with Crippen molar-refractivity contribution in [2.75, 3.05) is 19.8 Å². The summed E-state index contributed by atoms with van der Waals surface area (Å²) < 4.78 is 5.25. The molecule has 5 nitrogen and oxygen atoms in total. The topological polar surface area (TPSA) is 66.8 Å². The van der Waals surface area contributed by atoms with Crippen molar-refractivity contribution in [2.24, 2.45) is 5.92 Å². The lowest BCUT2D eigenvalue weighted by Crippen LogP contribution is -2.41. The van der Waals surface area contributed by atoms with Gasteiger partial charge in [0.15, 0.2) is 0 Å². The van der Waals surface area contributed by atoms with E-state index in [-0.39, 0.29) is 5.91 Å². The monoisotopic (exact) mass is 241 g/mol. The van der Waals surface area contributed by atoms with Crippen LogP contribution in [0.5, 0.6) is 0 Å². The van der Waals surface area contributed by atoms with E-state index in [1.807, 2.05) is 0 Å². The van der Waals surface area contributed by atoms with Crippen LogP contribution in [0.3, 0.4) is 0 Å². The summed E-state index contributed by atoms with van der Waals surface area (Å²) in [4.78, 5) is 24.6. The van der Waals surface area contributed by atoms with Crippen LogP contribution in [0, 0.1) is 5.92 Å². The van der Waals surface area contributed by atoms with Gasteiger partial charge in [0.2, 0.25) is 5.91 Å². The second-order valence-electron chi connectivity index (χ2n) is 4.84. The van der Waals surface area contributed by atoms with Crippen LogP contribution in [-0.2, 0) is 14.3 Å². The van der Waals surface area contributed by atoms with Crippen LogP contribution in [0.4, 0.5) is 0 Å². The molecule has 1 atom stereocenters. The molecule has 2 heterocycles. The van der Waals surface area contributed by atoms with Gasteiger partial charge in [-0.25, -0.2) is 4.79 Å². The Morgan fingerprint density at radius 3 is 2.59 bits per heavy atom. The number of likely N-dealkylation sites (tertiary alicyclic amines) is 1. The van der Waals surface area contributed by atoms with Gasteiger partial charge >= 0.3 is 5.97 Å². The highest BCUT2D eigenvalue weighted by Gasteiger charge is 2.34. The van der Waals surface area contributed by atoms with Crippen molar-refractivity contribution >= 4 is 11.9 Å². The summed E-state index contributed by atoms with van der Waals surface area (Å²) in [5.41, 5.74) is 0.